The minimum absolute atomic E-state index is 0.0156. The first kappa shape index (κ1) is 23.0. The maximum atomic E-state index is 12.7. The summed E-state index contributed by atoms with van der Waals surface area (Å²) in [6.07, 6.45) is -2.99. The summed E-state index contributed by atoms with van der Waals surface area (Å²) in [5.41, 5.74) is 0.156. The van der Waals surface area contributed by atoms with Crippen molar-refractivity contribution in [3.05, 3.63) is 35.4 Å². The Morgan fingerprint density at radius 2 is 1.83 bits per heavy atom. The van der Waals surface area contributed by atoms with Gasteiger partial charge in [-0.15, -0.1) is 0 Å². The molecule has 0 N–H and O–H groups in total. The largest absolute Gasteiger partial charge is 0.416 e. The molecule has 2 aliphatic rings. The molecule has 0 aromatic heterocycles. The summed E-state index contributed by atoms with van der Waals surface area (Å²) < 4.78 is 61.4. The molecule has 2 heterocycles. The van der Waals surface area contributed by atoms with E-state index >= 15 is 0 Å². The molecule has 0 spiro atoms. The Labute approximate surface area is 175 Å². The summed E-state index contributed by atoms with van der Waals surface area (Å²) in [6.45, 7) is 3.32. The minimum atomic E-state index is -4.34. The summed E-state index contributed by atoms with van der Waals surface area (Å²) in [4.78, 5) is 18.5. The molecule has 1 unspecified atom stereocenters. The first-order valence-electron chi connectivity index (χ1n) is 10.1. The van der Waals surface area contributed by atoms with Crippen LogP contribution in [0.1, 0.15) is 24.0 Å². The van der Waals surface area contributed by atoms with Crippen molar-refractivity contribution in [1.82, 2.24) is 14.7 Å². The van der Waals surface area contributed by atoms with Crippen LogP contribution in [0.15, 0.2) is 24.3 Å². The van der Waals surface area contributed by atoms with Crippen molar-refractivity contribution < 1.29 is 26.4 Å². The number of nitrogens with zero attached hydrogens (tertiary/aromatic N) is 3. The normalized spacial score (nSPS) is 23.0. The Morgan fingerprint density at radius 3 is 2.43 bits per heavy atom. The smallest absolute Gasteiger partial charge is 0.340 e. The van der Waals surface area contributed by atoms with Gasteiger partial charge >= 0.3 is 6.18 Å². The van der Waals surface area contributed by atoms with Crippen LogP contribution in [0.4, 0.5) is 13.2 Å². The zero-order chi connectivity index (χ0) is 21.9. The lowest BCUT2D eigenvalue weighted by Gasteiger charge is -2.27. The van der Waals surface area contributed by atoms with Crippen LogP contribution in [0, 0.1) is 0 Å². The molecule has 1 atom stereocenters. The van der Waals surface area contributed by atoms with Gasteiger partial charge in [-0.2, -0.15) is 13.2 Å². The van der Waals surface area contributed by atoms with E-state index < -0.39 is 21.6 Å². The molecule has 2 saturated heterocycles. The number of halogens is 3. The van der Waals surface area contributed by atoms with E-state index in [4.69, 9.17) is 0 Å². The number of hydrogen-bond acceptors (Lipinski definition) is 5. The van der Waals surface area contributed by atoms with E-state index in [0.29, 0.717) is 32.6 Å². The van der Waals surface area contributed by atoms with Gasteiger partial charge in [0.2, 0.25) is 5.91 Å². The van der Waals surface area contributed by atoms with Crippen molar-refractivity contribution in [2.75, 3.05) is 51.3 Å². The van der Waals surface area contributed by atoms with Gasteiger partial charge < -0.3 is 4.90 Å². The maximum absolute atomic E-state index is 12.7. The van der Waals surface area contributed by atoms with Crippen LogP contribution in [0.2, 0.25) is 0 Å². The third-order valence-electron chi connectivity index (χ3n) is 5.85. The predicted octanol–water partition coefficient (Wildman–Crippen LogP) is 1.86. The highest BCUT2D eigenvalue weighted by atomic mass is 32.2. The van der Waals surface area contributed by atoms with E-state index in [0.717, 1.165) is 30.7 Å². The molecule has 168 valence electrons. The fraction of sp³-hybridized carbons (Fsp3) is 0.650. The number of carbonyl (C=O) groups is 1. The summed E-state index contributed by atoms with van der Waals surface area (Å²) in [5, 5.41) is 0. The Morgan fingerprint density at radius 1 is 1.13 bits per heavy atom. The van der Waals surface area contributed by atoms with Crippen LogP contribution in [0.5, 0.6) is 0 Å². The number of amides is 1. The average molecular weight is 448 g/mol. The topological polar surface area (TPSA) is 60.9 Å². The van der Waals surface area contributed by atoms with E-state index in [9.17, 15) is 26.4 Å². The van der Waals surface area contributed by atoms with Crippen molar-refractivity contribution in [3.63, 3.8) is 0 Å². The van der Waals surface area contributed by atoms with Gasteiger partial charge in [-0.05, 0) is 37.6 Å². The molecule has 3 rings (SSSR count). The fourth-order valence-electron chi connectivity index (χ4n) is 4.00. The predicted molar refractivity (Wildman–Crippen MR) is 108 cm³/mol. The molecule has 0 bridgehead atoms. The number of alkyl halides is 3. The number of likely N-dealkylation sites (N-methyl/N-ethyl adjacent to an activating group) is 1. The Bertz CT molecular complexity index is 843. The zero-order valence-corrected chi connectivity index (χ0v) is 17.9. The van der Waals surface area contributed by atoms with E-state index in [-0.39, 0.29) is 30.0 Å². The summed E-state index contributed by atoms with van der Waals surface area (Å²) >= 11 is 0. The molecular formula is C20H28F3N3O3S. The number of rotatable bonds is 5. The van der Waals surface area contributed by atoms with Gasteiger partial charge in [-0.3, -0.25) is 14.6 Å². The van der Waals surface area contributed by atoms with Crippen molar-refractivity contribution in [3.8, 4) is 0 Å². The third kappa shape index (κ3) is 6.18. The second-order valence-corrected chi connectivity index (χ2v) is 10.4. The van der Waals surface area contributed by atoms with E-state index in [1.165, 1.54) is 12.1 Å². The second-order valence-electron chi connectivity index (χ2n) is 8.18. The first-order chi connectivity index (χ1) is 14.0. The van der Waals surface area contributed by atoms with Crippen molar-refractivity contribution in [1.29, 1.82) is 0 Å². The molecule has 10 heteroatoms. The minimum Gasteiger partial charge on any atom is -0.340 e. The van der Waals surface area contributed by atoms with Crippen LogP contribution < -0.4 is 0 Å². The second kappa shape index (κ2) is 9.23. The number of carbonyl (C=O) groups excluding carboxylic acids is 1. The molecule has 2 aliphatic heterocycles. The Balaban J connectivity index is 1.49. The van der Waals surface area contributed by atoms with Gasteiger partial charge in [0.25, 0.3) is 0 Å². The van der Waals surface area contributed by atoms with Crippen LogP contribution in [0.25, 0.3) is 0 Å². The first-order valence-corrected chi connectivity index (χ1v) is 11.9. The molecule has 6 nitrogen and oxygen atoms in total. The third-order valence-corrected chi connectivity index (χ3v) is 7.60. The number of sulfone groups is 1. The van der Waals surface area contributed by atoms with E-state index in [1.807, 2.05) is 4.90 Å². The lowest BCUT2D eigenvalue weighted by molar-refractivity contribution is -0.137. The van der Waals surface area contributed by atoms with Crippen LogP contribution in [-0.4, -0.2) is 86.3 Å². The highest BCUT2D eigenvalue weighted by Gasteiger charge is 2.32. The molecule has 0 saturated carbocycles. The number of hydrogen-bond donors (Lipinski definition) is 0. The Hall–Kier alpha value is -1.65. The van der Waals surface area contributed by atoms with Crippen molar-refractivity contribution in [2.45, 2.75) is 31.6 Å². The molecule has 30 heavy (non-hydrogen) atoms. The zero-order valence-electron chi connectivity index (χ0n) is 17.1. The molecule has 0 radical (unpaired) electrons. The maximum Gasteiger partial charge on any atom is 0.416 e. The number of benzene rings is 1. The van der Waals surface area contributed by atoms with E-state index in [1.54, 1.807) is 11.9 Å². The highest BCUT2D eigenvalue weighted by Crippen LogP contribution is 2.29. The van der Waals surface area contributed by atoms with Gasteiger partial charge in [0, 0.05) is 38.8 Å². The quantitative estimate of drug-likeness (QED) is 0.690. The molecule has 0 aliphatic carbocycles. The molecule has 1 amide bonds. The highest BCUT2D eigenvalue weighted by molar-refractivity contribution is 7.91. The lowest BCUT2D eigenvalue weighted by atomic mass is 10.1. The monoisotopic (exact) mass is 447 g/mol. The van der Waals surface area contributed by atoms with Gasteiger partial charge in [-0.25, -0.2) is 8.42 Å². The SMILES string of the molecule is CN(CC(=O)N1CCCN(Cc2ccc(C(F)(F)F)cc2)CC1)C1CCS(=O)(=O)C1. The van der Waals surface area contributed by atoms with Crippen molar-refractivity contribution in [2.24, 2.45) is 0 Å². The fourth-order valence-corrected chi connectivity index (χ4v) is 5.81. The van der Waals surface area contributed by atoms with Crippen LogP contribution in [-0.2, 0) is 27.4 Å². The molecule has 2 fully saturated rings. The van der Waals surface area contributed by atoms with Gasteiger partial charge in [0.05, 0.1) is 23.6 Å². The summed E-state index contributed by atoms with van der Waals surface area (Å²) in [6, 6.07) is 5.09. The van der Waals surface area contributed by atoms with Crippen molar-refractivity contribution >= 4 is 15.7 Å². The average Bonchev–Trinajstić information content (AvgIpc) is 2.87. The van der Waals surface area contributed by atoms with Gasteiger partial charge in [0.15, 0.2) is 9.84 Å². The van der Waals surface area contributed by atoms with E-state index in [2.05, 4.69) is 4.90 Å². The Kier molecular flexibility index (Phi) is 7.09. The molecular weight excluding hydrogens is 419 g/mol. The lowest BCUT2D eigenvalue weighted by Crippen LogP contribution is -2.44. The summed E-state index contributed by atoms with van der Waals surface area (Å²) in [5.74, 6) is 0.273. The molecule has 1 aromatic carbocycles. The van der Waals surface area contributed by atoms with Crippen LogP contribution >= 0.6 is 0 Å². The van der Waals surface area contributed by atoms with Gasteiger partial charge in [0.1, 0.15) is 0 Å². The molecule has 1 aromatic rings. The van der Waals surface area contributed by atoms with Crippen LogP contribution in [0.3, 0.4) is 0 Å². The standard InChI is InChI=1S/C20H28F3N3O3S/c1-24(18-7-12-30(28,29)15-18)14-19(27)26-9-2-8-25(10-11-26)13-16-3-5-17(6-4-16)20(21,22)23/h3-6,18H,2,7-15H2,1H3. The summed E-state index contributed by atoms with van der Waals surface area (Å²) in [7, 11) is -1.20. The van der Waals surface area contributed by atoms with Gasteiger partial charge in [-0.1, -0.05) is 12.1 Å².